The molecule has 0 spiro atoms. The molecule has 0 amide bonds. The number of rotatable bonds is 9. The molecule has 2 aromatic rings. The van der Waals surface area contributed by atoms with Gasteiger partial charge in [-0.3, -0.25) is 0 Å². The number of unbranched alkanes of at least 4 members (excludes halogenated alkanes) is 4. The Morgan fingerprint density at radius 2 is 1.60 bits per heavy atom. The number of aryl methyl sites for hydroxylation is 1. The van der Waals surface area contributed by atoms with Crippen molar-refractivity contribution in [3.8, 4) is 11.3 Å². The fraction of sp³-hybridized carbons (Fsp3) is 0.579. The summed E-state index contributed by atoms with van der Waals surface area (Å²) in [5.74, 6) is 0.309. The van der Waals surface area contributed by atoms with Crippen LogP contribution in [-0.2, 0) is 16.3 Å². The summed E-state index contributed by atoms with van der Waals surface area (Å²) < 4.78 is 27.3. The summed E-state index contributed by atoms with van der Waals surface area (Å²) in [5, 5.41) is 6.03. The van der Waals surface area contributed by atoms with Gasteiger partial charge >= 0.3 is 0 Å². The third-order valence-electron chi connectivity index (χ3n) is 4.42. The monoisotopic (exact) mass is 380 g/mol. The van der Waals surface area contributed by atoms with Crippen molar-refractivity contribution in [3.05, 3.63) is 35.2 Å². The van der Waals surface area contributed by atoms with E-state index in [1.54, 1.807) is 20.8 Å². The zero-order valence-electron chi connectivity index (χ0n) is 15.4. The maximum Gasteiger partial charge on any atom is 0.155 e. The van der Waals surface area contributed by atoms with Gasteiger partial charge in [0.05, 0.1) is 10.5 Å². The molecule has 25 heavy (non-hydrogen) atoms. The number of nitrogens with zero attached hydrogens (tertiary/aromatic N) is 2. The molecule has 0 bridgehead atoms. The van der Waals surface area contributed by atoms with Gasteiger partial charge in [-0.05, 0) is 57.1 Å². The van der Waals surface area contributed by atoms with Crippen molar-refractivity contribution < 1.29 is 8.42 Å². The summed E-state index contributed by atoms with van der Waals surface area (Å²) in [6.07, 6.45) is 6.22. The minimum absolute atomic E-state index is 0.309. The Morgan fingerprint density at radius 1 is 0.960 bits per heavy atom. The quantitative estimate of drug-likeness (QED) is 0.580. The molecule has 0 fully saturated rings. The highest BCUT2D eigenvalue weighted by Gasteiger charge is 2.27. The molecular formula is C19H28N2O2S2. The zero-order chi connectivity index (χ0) is 18.3. The average Bonchev–Trinajstić information content (AvgIpc) is 3.08. The van der Waals surface area contributed by atoms with Crippen molar-refractivity contribution in [2.75, 3.05) is 5.75 Å². The summed E-state index contributed by atoms with van der Waals surface area (Å²) >= 11 is 1.37. The number of hydrogen-bond donors (Lipinski definition) is 0. The second-order valence-electron chi connectivity index (χ2n) is 7.44. The Morgan fingerprint density at radius 3 is 2.20 bits per heavy atom. The number of sulfone groups is 1. The standard InChI is InChI=1S/C19H28N2O2S2/c1-19(2,3)25(22,23)14-8-6-4-5-7-9-16-10-12-17(13-11-16)18-15-24-21-20-18/h10-13,15H,4-9,14H2,1-3H3. The van der Waals surface area contributed by atoms with Crippen molar-refractivity contribution in [2.24, 2.45) is 0 Å². The molecule has 0 N–H and O–H groups in total. The lowest BCUT2D eigenvalue weighted by molar-refractivity contribution is 0.552. The van der Waals surface area contributed by atoms with Crippen molar-refractivity contribution in [3.63, 3.8) is 0 Å². The highest BCUT2D eigenvalue weighted by atomic mass is 32.2. The second-order valence-corrected chi connectivity index (χ2v) is 10.9. The van der Waals surface area contributed by atoms with Gasteiger partial charge in [-0.25, -0.2) is 8.42 Å². The average molecular weight is 381 g/mol. The van der Waals surface area contributed by atoms with Crippen LogP contribution in [0.2, 0.25) is 0 Å². The molecule has 0 atom stereocenters. The van der Waals surface area contributed by atoms with E-state index in [9.17, 15) is 8.42 Å². The second kappa shape index (κ2) is 8.90. The van der Waals surface area contributed by atoms with Gasteiger partial charge in [0.25, 0.3) is 0 Å². The smallest absolute Gasteiger partial charge is 0.155 e. The first-order valence-corrected chi connectivity index (χ1v) is 11.4. The fourth-order valence-electron chi connectivity index (χ4n) is 2.59. The van der Waals surface area contributed by atoms with Crippen LogP contribution < -0.4 is 0 Å². The number of benzene rings is 1. The minimum atomic E-state index is -2.97. The van der Waals surface area contributed by atoms with Crippen LogP contribution in [0.25, 0.3) is 11.3 Å². The van der Waals surface area contributed by atoms with Crippen LogP contribution in [0.1, 0.15) is 58.4 Å². The van der Waals surface area contributed by atoms with Gasteiger partial charge in [-0.15, -0.1) is 5.10 Å². The largest absolute Gasteiger partial charge is 0.228 e. The topological polar surface area (TPSA) is 59.9 Å². The lowest BCUT2D eigenvalue weighted by atomic mass is 10.0. The summed E-state index contributed by atoms with van der Waals surface area (Å²) in [5.41, 5.74) is 3.38. The van der Waals surface area contributed by atoms with Gasteiger partial charge in [-0.1, -0.05) is 48.0 Å². The third kappa shape index (κ3) is 6.19. The van der Waals surface area contributed by atoms with Gasteiger partial charge in [0.15, 0.2) is 9.84 Å². The van der Waals surface area contributed by atoms with E-state index in [-0.39, 0.29) is 0 Å². The molecule has 0 saturated heterocycles. The summed E-state index contributed by atoms with van der Waals surface area (Å²) in [6, 6.07) is 8.52. The van der Waals surface area contributed by atoms with E-state index in [0.29, 0.717) is 5.75 Å². The van der Waals surface area contributed by atoms with E-state index in [0.717, 1.165) is 49.8 Å². The Hall–Kier alpha value is -1.27. The number of aromatic nitrogens is 2. The first-order chi connectivity index (χ1) is 11.8. The van der Waals surface area contributed by atoms with Crippen LogP contribution in [0.3, 0.4) is 0 Å². The molecule has 2 rings (SSSR count). The third-order valence-corrected chi connectivity index (χ3v) is 7.62. The lowest BCUT2D eigenvalue weighted by Gasteiger charge is -2.18. The molecular weight excluding hydrogens is 352 g/mol. The van der Waals surface area contributed by atoms with Gasteiger partial charge < -0.3 is 0 Å². The predicted octanol–water partition coefficient (Wildman–Crippen LogP) is 4.91. The van der Waals surface area contributed by atoms with Gasteiger partial charge in [0.2, 0.25) is 0 Å². The molecule has 0 aliphatic heterocycles. The van der Waals surface area contributed by atoms with Crippen LogP contribution in [0.5, 0.6) is 0 Å². The van der Waals surface area contributed by atoms with Crippen molar-refractivity contribution in [1.29, 1.82) is 0 Å². The maximum atomic E-state index is 12.0. The van der Waals surface area contributed by atoms with Crippen LogP contribution in [0, 0.1) is 0 Å². The van der Waals surface area contributed by atoms with Gasteiger partial charge in [0, 0.05) is 10.9 Å². The van der Waals surface area contributed by atoms with Crippen molar-refractivity contribution in [2.45, 2.75) is 64.0 Å². The summed E-state index contributed by atoms with van der Waals surface area (Å²) in [7, 11) is -2.97. The zero-order valence-corrected chi connectivity index (χ0v) is 17.0. The van der Waals surface area contributed by atoms with Crippen molar-refractivity contribution in [1.82, 2.24) is 9.59 Å². The molecule has 1 aromatic heterocycles. The van der Waals surface area contributed by atoms with E-state index in [4.69, 9.17) is 0 Å². The highest BCUT2D eigenvalue weighted by molar-refractivity contribution is 7.92. The Kier molecular flexibility index (Phi) is 7.14. The summed E-state index contributed by atoms with van der Waals surface area (Å²) in [4.78, 5) is 0. The minimum Gasteiger partial charge on any atom is -0.228 e. The van der Waals surface area contributed by atoms with Crippen LogP contribution in [0.15, 0.2) is 29.6 Å². The molecule has 138 valence electrons. The van der Waals surface area contributed by atoms with Gasteiger partial charge in [-0.2, -0.15) is 0 Å². The van der Waals surface area contributed by atoms with E-state index in [1.165, 1.54) is 17.1 Å². The first-order valence-electron chi connectivity index (χ1n) is 8.88. The van der Waals surface area contributed by atoms with Gasteiger partial charge in [0.1, 0.15) is 5.69 Å². The van der Waals surface area contributed by atoms with E-state index in [1.807, 2.05) is 5.38 Å². The molecule has 0 radical (unpaired) electrons. The molecule has 0 unspecified atom stereocenters. The van der Waals surface area contributed by atoms with E-state index in [2.05, 4.69) is 33.9 Å². The Labute approximate surface area is 155 Å². The molecule has 1 aromatic carbocycles. The molecule has 0 aliphatic rings. The molecule has 4 nitrogen and oxygen atoms in total. The van der Waals surface area contributed by atoms with Crippen LogP contribution in [-0.4, -0.2) is 28.5 Å². The molecule has 0 aliphatic carbocycles. The maximum absolute atomic E-state index is 12.0. The molecule has 6 heteroatoms. The number of hydrogen-bond acceptors (Lipinski definition) is 5. The SMILES string of the molecule is CC(C)(C)S(=O)(=O)CCCCCCCc1ccc(-c2csnn2)cc1. The summed E-state index contributed by atoms with van der Waals surface area (Å²) in [6.45, 7) is 5.33. The van der Waals surface area contributed by atoms with Crippen molar-refractivity contribution >= 4 is 21.4 Å². The van der Waals surface area contributed by atoms with E-state index < -0.39 is 14.6 Å². The predicted molar refractivity (Wildman–Crippen MR) is 106 cm³/mol. The normalized spacial score (nSPS) is 12.4. The van der Waals surface area contributed by atoms with E-state index >= 15 is 0 Å². The first kappa shape index (κ1) is 20.0. The highest BCUT2D eigenvalue weighted by Crippen LogP contribution is 2.20. The lowest BCUT2D eigenvalue weighted by Crippen LogP contribution is -2.30. The molecule has 1 heterocycles. The fourth-order valence-corrected chi connectivity index (χ4v) is 4.25. The van der Waals surface area contributed by atoms with Crippen LogP contribution in [0.4, 0.5) is 0 Å². The van der Waals surface area contributed by atoms with Crippen LogP contribution >= 0.6 is 11.5 Å². The Balaban J connectivity index is 1.62. The Bertz CT molecular complexity index is 731. The molecule has 0 saturated carbocycles.